The maximum Gasteiger partial charge on any atom is 0.0715 e. The van der Waals surface area contributed by atoms with Crippen LogP contribution in [0, 0.1) is 13.8 Å². The van der Waals surface area contributed by atoms with Crippen molar-refractivity contribution in [1.82, 2.24) is 15.1 Å². The number of nitrogens with one attached hydrogen (secondary N) is 1. The number of aryl methyl sites for hydroxylation is 1. The van der Waals surface area contributed by atoms with E-state index in [4.69, 9.17) is 0 Å². The summed E-state index contributed by atoms with van der Waals surface area (Å²) >= 11 is 3.45. The van der Waals surface area contributed by atoms with Crippen LogP contribution in [0.3, 0.4) is 0 Å². The van der Waals surface area contributed by atoms with Crippen molar-refractivity contribution in [3.63, 3.8) is 0 Å². The fourth-order valence-corrected chi connectivity index (χ4v) is 2.52. The van der Waals surface area contributed by atoms with Crippen LogP contribution in [0.2, 0.25) is 0 Å². The summed E-state index contributed by atoms with van der Waals surface area (Å²) in [6, 6.07) is 8.10. The van der Waals surface area contributed by atoms with E-state index >= 15 is 0 Å². The van der Waals surface area contributed by atoms with Crippen molar-refractivity contribution in [1.29, 1.82) is 0 Å². The van der Waals surface area contributed by atoms with Gasteiger partial charge in [0, 0.05) is 28.8 Å². The summed E-state index contributed by atoms with van der Waals surface area (Å²) in [4.78, 5) is 0. The monoisotopic (exact) mass is 351 g/mol. The molecule has 5 heteroatoms. The predicted octanol–water partition coefficient (Wildman–Crippen LogP) is 3.11. The minimum Gasteiger partial charge on any atom is -0.389 e. The highest BCUT2D eigenvalue weighted by molar-refractivity contribution is 9.10. The van der Waals surface area contributed by atoms with E-state index in [1.807, 2.05) is 35.9 Å². The zero-order valence-corrected chi connectivity index (χ0v) is 14.5. The molecule has 0 spiro atoms. The second-order valence-corrected chi connectivity index (χ2v) is 6.87. The number of nitrogens with zero attached hydrogens (tertiary/aromatic N) is 2. The molecular formula is C16H22BrN3O. The van der Waals surface area contributed by atoms with Crippen molar-refractivity contribution in [2.75, 3.05) is 6.54 Å². The van der Waals surface area contributed by atoms with E-state index in [1.165, 1.54) is 5.56 Å². The number of aliphatic hydroxyl groups is 1. The van der Waals surface area contributed by atoms with Gasteiger partial charge in [-0.1, -0.05) is 15.9 Å². The molecule has 0 saturated heterocycles. The Kier molecular flexibility index (Phi) is 4.86. The molecule has 0 unspecified atom stereocenters. The van der Waals surface area contributed by atoms with Crippen LogP contribution in [-0.4, -0.2) is 27.0 Å². The van der Waals surface area contributed by atoms with E-state index in [0.29, 0.717) is 13.1 Å². The van der Waals surface area contributed by atoms with Crippen molar-refractivity contribution in [3.8, 4) is 5.69 Å². The number of aromatic nitrogens is 2. The maximum absolute atomic E-state index is 9.76. The second kappa shape index (κ2) is 6.30. The molecule has 2 N–H and O–H groups in total. The molecule has 2 rings (SSSR count). The van der Waals surface area contributed by atoms with Crippen molar-refractivity contribution in [3.05, 3.63) is 45.7 Å². The van der Waals surface area contributed by atoms with Crippen molar-refractivity contribution in [2.45, 2.75) is 39.8 Å². The van der Waals surface area contributed by atoms with E-state index in [2.05, 4.69) is 33.3 Å². The first-order chi connectivity index (χ1) is 9.78. The Bertz CT molecular complexity index is 612. The van der Waals surface area contributed by atoms with Gasteiger partial charge in [-0.3, -0.25) is 0 Å². The summed E-state index contributed by atoms with van der Waals surface area (Å²) in [6.45, 7) is 8.94. The lowest BCUT2D eigenvalue weighted by molar-refractivity contribution is 0.0794. The van der Waals surface area contributed by atoms with Gasteiger partial charge in [0.25, 0.3) is 0 Å². The SMILES string of the molecule is Cc1nn(-c2ccc(Br)cc2)c(C)c1CNCC(C)(C)O. The summed E-state index contributed by atoms with van der Waals surface area (Å²) in [6.07, 6.45) is 0. The molecule has 4 nitrogen and oxygen atoms in total. The Hall–Kier alpha value is -1.17. The number of hydrogen-bond donors (Lipinski definition) is 2. The lowest BCUT2D eigenvalue weighted by atomic mass is 10.1. The summed E-state index contributed by atoms with van der Waals surface area (Å²) in [5.74, 6) is 0. The third-order valence-corrected chi connectivity index (χ3v) is 3.90. The third-order valence-electron chi connectivity index (χ3n) is 3.37. The van der Waals surface area contributed by atoms with Gasteiger partial charge >= 0.3 is 0 Å². The highest BCUT2D eigenvalue weighted by Gasteiger charge is 2.15. The first-order valence-electron chi connectivity index (χ1n) is 7.02. The summed E-state index contributed by atoms with van der Waals surface area (Å²) in [7, 11) is 0. The number of benzene rings is 1. The normalized spacial score (nSPS) is 11.9. The molecule has 1 aromatic heterocycles. The lowest BCUT2D eigenvalue weighted by Gasteiger charge is -2.17. The van der Waals surface area contributed by atoms with E-state index in [1.54, 1.807) is 13.8 Å². The Morgan fingerprint density at radius 2 is 1.86 bits per heavy atom. The van der Waals surface area contributed by atoms with Gasteiger partial charge in [-0.15, -0.1) is 0 Å². The first kappa shape index (κ1) is 16.2. The van der Waals surface area contributed by atoms with E-state index in [0.717, 1.165) is 21.5 Å². The van der Waals surface area contributed by atoms with Crippen LogP contribution in [0.25, 0.3) is 5.69 Å². The zero-order chi connectivity index (χ0) is 15.6. The van der Waals surface area contributed by atoms with E-state index in [9.17, 15) is 5.11 Å². The van der Waals surface area contributed by atoms with Crippen LogP contribution in [0.5, 0.6) is 0 Å². The molecule has 0 saturated carbocycles. The Labute approximate surface area is 134 Å². The third kappa shape index (κ3) is 4.15. The van der Waals surface area contributed by atoms with Gasteiger partial charge in [0.05, 0.1) is 17.0 Å². The summed E-state index contributed by atoms with van der Waals surface area (Å²) in [5, 5.41) is 17.7. The molecule has 0 aliphatic carbocycles. The standard InChI is InChI=1S/C16H22BrN3O/c1-11-15(9-18-10-16(3,4)21)12(2)20(19-11)14-7-5-13(17)6-8-14/h5-8,18,21H,9-10H2,1-4H3. The molecule has 21 heavy (non-hydrogen) atoms. The second-order valence-electron chi connectivity index (χ2n) is 5.95. The van der Waals surface area contributed by atoms with Gasteiger partial charge in [-0.25, -0.2) is 4.68 Å². The molecule has 0 aliphatic heterocycles. The van der Waals surface area contributed by atoms with Crippen LogP contribution in [0.15, 0.2) is 28.7 Å². The summed E-state index contributed by atoms with van der Waals surface area (Å²) in [5.41, 5.74) is 3.66. The molecule has 114 valence electrons. The van der Waals surface area contributed by atoms with Gasteiger partial charge in [-0.2, -0.15) is 5.10 Å². The Morgan fingerprint density at radius 1 is 1.24 bits per heavy atom. The highest BCUT2D eigenvalue weighted by atomic mass is 79.9. The maximum atomic E-state index is 9.76. The van der Waals surface area contributed by atoms with Gasteiger partial charge in [0.2, 0.25) is 0 Å². The zero-order valence-electron chi connectivity index (χ0n) is 12.9. The van der Waals surface area contributed by atoms with Crippen LogP contribution in [-0.2, 0) is 6.54 Å². The Balaban J connectivity index is 2.19. The predicted molar refractivity (Wildman–Crippen MR) is 88.7 cm³/mol. The smallest absolute Gasteiger partial charge is 0.0715 e. The fraction of sp³-hybridized carbons (Fsp3) is 0.438. The highest BCUT2D eigenvalue weighted by Crippen LogP contribution is 2.19. The molecule has 0 amide bonds. The molecule has 1 heterocycles. The topological polar surface area (TPSA) is 50.1 Å². The van der Waals surface area contributed by atoms with Crippen molar-refractivity contribution >= 4 is 15.9 Å². The van der Waals surface area contributed by atoms with Gasteiger partial charge < -0.3 is 10.4 Å². The van der Waals surface area contributed by atoms with Gasteiger partial charge in [-0.05, 0) is 52.0 Å². The lowest BCUT2D eigenvalue weighted by Crippen LogP contribution is -2.34. The molecule has 1 aromatic carbocycles. The number of halogens is 1. The molecule has 0 aliphatic rings. The van der Waals surface area contributed by atoms with Crippen LogP contribution in [0.1, 0.15) is 30.8 Å². The summed E-state index contributed by atoms with van der Waals surface area (Å²) < 4.78 is 3.02. The number of rotatable bonds is 5. The minimum atomic E-state index is -0.705. The van der Waals surface area contributed by atoms with Crippen molar-refractivity contribution < 1.29 is 5.11 Å². The average molecular weight is 352 g/mol. The minimum absolute atomic E-state index is 0.551. The van der Waals surface area contributed by atoms with Crippen LogP contribution in [0.4, 0.5) is 0 Å². The Morgan fingerprint density at radius 3 is 2.43 bits per heavy atom. The first-order valence-corrected chi connectivity index (χ1v) is 7.81. The van der Waals surface area contributed by atoms with Crippen LogP contribution >= 0.6 is 15.9 Å². The average Bonchev–Trinajstić information content (AvgIpc) is 2.66. The molecule has 0 bridgehead atoms. The van der Waals surface area contributed by atoms with E-state index < -0.39 is 5.60 Å². The van der Waals surface area contributed by atoms with Crippen LogP contribution < -0.4 is 5.32 Å². The number of hydrogen-bond acceptors (Lipinski definition) is 3. The molecular weight excluding hydrogens is 330 g/mol. The molecule has 0 fully saturated rings. The molecule has 2 aromatic rings. The molecule has 0 atom stereocenters. The van der Waals surface area contributed by atoms with E-state index in [-0.39, 0.29) is 0 Å². The van der Waals surface area contributed by atoms with Gasteiger partial charge in [0.15, 0.2) is 0 Å². The largest absolute Gasteiger partial charge is 0.389 e. The molecule has 0 radical (unpaired) electrons. The van der Waals surface area contributed by atoms with Crippen molar-refractivity contribution in [2.24, 2.45) is 0 Å². The fourth-order valence-electron chi connectivity index (χ4n) is 2.26. The quantitative estimate of drug-likeness (QED) is 0.869. The van der Waals surface area contributed by atoms with Gasteiger partial charge in [0.1, 0.15) is 0 Å².